The molecule has 0 aromatic heterocycles. The van der Waals surface area contributed by atoms with Crippen molar-refractivity contribution >= 4 is 12.4 Å². The Bertz CT molecular complexity index is 164. The third kappa shape index (κ3) is 4.54. The minimum absolute atomic E-state index is 0. The lowest BCUT2D eigenvalue weighted by atomic mass is 10.0. The molecule has 2 fully saturated rings. The molecule has 3 heteroatoms. The van der Waals surface area contributed by atoms with Crippen LogP contribution in [-0.4, -0.2) is 25.3 Å². The second-order valence-electron chi connectivity index (χ2n) is 4.35. The maximum Gasteiger partial charge on any atom is 0.0756 e. The van der Waals surface area contributed by atoms with Gasteiger partial charge in [0.2, 0.25) is 0 Å². The van der Waals surface area contributed by atoms with Crippen molar-refractivity contribution < 1.29 is 4.74 Å². The van der Waals surface area contributed by atoms with Crippen LogP contribution in [0.5, 0.6) is 0 Å². The largest absolute Gasteiger partial charge is 0.374 e. The lowest BCUT2D eigenvalue weighted by Crippen LogP contribution is -2.32. The maximum atomic E-state index is 5.65. The van der Waals surface area contributed by atoms with E-state index in [0.29, 0.717) is 12.1 Å². The van der Waals surface area contributed by atoms with Crippen LogP contribution < -0.4 is 5.32 Å². The smallest absolute Gasteiger partial charge is 0.0756 e. The molecule has 0 aromatic rings. The van der Waals surface area contributed by atoms with Crippen molar-refractivity contribution in [2.24, 2.45) is 0 Å². The van der Waals surface area contributed by atoms with Gasteiger partial charge in [-0.2, -0.15) is 0 Å². The highest BCUT2D eigenvalue weighted by Crippen LogP contribution is 2.15. The fraction of sp³-hybridized carbons (Fsp3) is 0.833. The van der Waals surface area contributed by atoms with Crippen LogP contribution >= 0.6 is 12.4 Å². The molecule has 1 N–H and O–H groups in total. The van der Waals surface area contributed by atoms with Gasteiger partial charge in [0.05, 0.1) is 6.10 Å². The Morgan fingerprint density at radius 1 is 1.00 bits per heavy atom. The molecular weight excluding hydrogens is 210 g/mol. The summed E-state index contributed by atoms with van der Waals surface area (Å²) in [6.45, 7) is 2.13. The van der Waals surface area contributed by atoms with Gasteiger partial charge in [0.1, 0.15) is 0 Å². The van der Waals surface area contributed by atoms with E-state index < -0.39 is 0 Å². The molecule has 2 heterocycles. The number of piperidine rings is 1. The molecule has 2 saturated heterocycles. The summed E-state index contributed by atoms with van der Waals surface area (Å²) >= 11 is 0. The number of rotatable bonds is 2. The second-order valence-corrected chi connectivity index (χ2v) is 4.35. The van der Waals surface area contributed by atoms with Crippen LogP contribution in [0.15, 0.2) is 12.2 Å². The van der Waals surface area contributed by atoms with Gasteiger partial charge in [-0.05, 0) is 38.6 Å². The second kappa shape index (κ2) is 7.26. The standard InChI is InChI=1S/C12H21NO.ClH/c1-3-9-13-11(5-1)7-8-12-6-2-4-10-14-12;/h7-8,11-13H,1-6,9-10H2;1H/b8-7+;. The van der Waals surface area contributed by atoms with Crippen LogP contribution in [0.4, 0.5) is 0 Å². The molecule has 2 nitrogen and oxygen atoms in total. The lowest BCUT2D eigenvalue weighted by molar-refractivity contribution is 0.0463. The molecule has 15 heavy (non-hydrogen) atoms. The molecule has 2 atom stereocenters. The highest BCUT2D eigenvalue weighted by Gasteiger charge is 2.12. The molecule has 2 aliphatic rings. The van der Waals surface area contributed by atoms with E-state index in [9.17, 15) is 0 Å². The summed E-state index contributed by atoms with van der Waals surface area (Å²) in [6.07, 6.45) is 12.8. The molecule has 0 amide bonds. The van der Waals surface area contributed by atoms with Crippen molar-refractivity contribution in [2.45, 2.75) is 50.7 Å². The molecule has 0 radical (unpaired) electrons. The molecule has 0 spiro atoms. The zero-order chi connectivity index (χ0) is 9.64. The van der Waals surface area contributed by atoms with Crippen molar-refractivity contribution in [1.82, 2.24) is 5.32 Å². The molecule has 2 unspecified atom stereocenters. The quantitative estimate of drug-likeness (QED) is 0.738. The highest BCUT2D eigenvalue weighted by atomic mass is 35.5. The number of hydrogen-bond acceptors (Lipinski definition) is 2. The average Bonchev–Trinajstić information content (AvgIpc) is 2.29. The number of ether oxygens (including phenoxy) is 1. The molecule has 2 aliphatic heterocycles. The zero-order valence-electron chi connectivity index (χ0n) is 9.28. The Kier molecular flexibility index (Phi) is 6.30. The topological polar surface area (TPSA) is 21.3 Å². The molecule has 0 aliphatic carbocycles. The summed E-state index contributed by atoms with van der Waals surface area (Å²) in [5, 5.41) is 3.52. The third-order valence-corrected chi connectivity index (χ3v) is 3.12. The van der Waals surface area contributed by atoms with Gasteiger partial charge in [-0.1, -0.05) is 18.6 Å². The van der Waals surface area contributed by atoms with E-state index in [0.717, 1.165) is 6.61 Å². The summed E-state index contributed by atoms with van der Waals surface area (Å²) in [5.41, 5.74) is 0. The van der Waals surface area contributed by atoms with E-state index in [1.54, 1.807) is 0 Å². The van der Waals surface area contributed by atoms with Gasteiger partial charge < -0.3 is 10.1 Å². The van der Waals surface area contributed by atoms with E-state index >= 15 is 0 Å². The Labute approximate surface area is 98.9 Å². The predicted molar refractivity (Wildman–Crippen MR) is 65.6 cm³/mol. The molecule has 0 saturated carbocycles. The van der Waals surface area contributed by atoms with Crippen molar-refractivity contribution in [3.63, 3.8) is 0 Å². The molecule has 88 valence electrons. The van der Waals surface area contributed by atoms with Gasteiger partial charge in [0.15, 0.2) is 0 Å². The molecular formula is C12H22ClNO. The molecule has 0 aromatic carbocycles. The van der Waals surface area contributed by atoms with Crippen molar-refractivity contribution in [3.8, 4) is 0 Å². The van der Waals surface area contributed by atoms with E-state index in [2.05, 4.69) is 17.5 Å². The van der Waals surface area contributed by atoms with E-state index in [1.807, 2.05) is 0 Å². The predicted octanol–water partition coefficient (Wildman–Crippen LogP) is 2.68. The fourth-order valence-electron chi connectivity index (χ4n) is 2.22. The number of nitrogens with one attached hydrogen (secondary N) is 1. The van der Waals surface area contributed by atoms with Crippen molar-refractivity contribution in [1.29, 1.82) is 0 Å². The van der Waals surface area contributed by atoms with Crippen molar-refractivity contribution in [3.05, 3.63) is 12.2 Å². The third-order valence-electron chi connectivity index (χ3n) is 3.12. The normalized spacial score (nSPS) is 32.5. The molecule has 2 rings (SSSR count). The van der Waals surface area contributed by atoms with Crippen LogP contribution in [-0.2, 0) is 4.74 Å². The van der Waals surface area contributed by atoms with Crippen LogP contribution in [0.25, 0.3) is 0 Å². The van der Waals surface area contributed by atoms with Crippen LogP contribution in [0.1, 0.15) is 38.5 Å². The van der Waals surface area contributed by atoms with Gasteiger partial charge in [-0.25, -0.2) is 0 Å². The lowest BCUT2D eigenvalue weighted by Gasteiger charge is -2.23. The van der Waals surface area contributed by atoms with E-state index in [4.69, 9.17) is 4.74 Å². The Balaban J connectivity index is 0.00000112. The Morgan fingerprint density at radius 2 is 1.87 bits per heavy atom. The number of halogens is 1. The van der Waals surface area contributed by atoms with Crippen LogP contribution in [0.2, 0.25) is 0 Å². The minimum atomic E-state index is 0. The average molecular weight is 232 g/mol. The van der Waals surface area contributed by atoms with Gasteiger partial charge in [0.25, 0.3) is 0 Å². The Hall–Kier alpha value is -0.0500. The summed E-state index contributed by atoms with van der Waals surface area (Å²) in [4.78, 5) is 0. The minimum Gasteiger partial charge on any atom is -0.374 e. The first-order valence-corrected chi connectivity index (χ1v) is 5.98. The fourth-order valence-corrected chi connectivity index (χ4v) is 2.22. The highest BCUT2D eigenvalue weighted by molar-refractivity contribution is 5.85. The van der Waals surface area contributed by atoms with E-state index in [-0.39, 0.29) is 12.4 Å². The van der Waals surface area contributed by atoms with Gasteiger partial charge >= 0.3 is 0 Å². The Morgan fingerprint density at radius 3 is 2.53 bits per heavy atom. The number of hydrogen-bond donors (Lipinski definition) is 1. The monoisotopic (exact) mass is 231 g/mol. The van der Waals surface area contributed by atoms with Crippen molar-refractivity contribution in [2.75, 3.05) is 13.2 Å². The first-order chi connectivity index (χ1) is 6.95. The zero-order valence-corrected chi connectivity index (χ0v) is 10.1. The molecule has 0 bridgehead atoms. The van der Waals surface area contributed by atoms with Gasteiger partial charge in [-0.15, -0.1) is 12.4 Å². The SMILES string of the molecule is C(=C\C1CCCCO1)/C1CCCCN1.Cl. The first kappa shape index (κ1) is 13.0. The summed E-state index contributed by atoms with van der Waals surface area (Å²) < 4.78 is 5.65. The van der Waals surface area contributed by atoms with E-state index in [1.165, 1.54) is 45.1 Å². The summed E-state index contributed by atoms with van der Waals surface area (Å²) in [5.74, 6) is 0. The van der Waals surface area contributed by atoms with Crippen LogP contribution in [0.3, 0.4) is 0 Å². The van der Waals surface area contributed by atoms with Gasteiger partial charge in [-0.3, -0.25) is 0 Å². The summed E-state index contributed by atoms with van der Waals surface area (Å²) in [6, 6.07) is 0.606. The first-order valence-electron chi connectivity index (χ1n) is 5.98. The maximum absolute atomic E-state index is 5.65. The van der Waals surface area contributed by atoms with Crippen LogP contribution in [0, 0.1) is 0 Å². The van der Waals surface area contributed by atoms with Gasteiger partial charge in [0, 0.05) is 12.6 Å². The summed E-state index contributed by atoms with van der Waals surface area (Å²) in [7, 11) is 0.